The fourth-order valence-electron chi connectivity index (χ4n) is 4.20. The number of amides is 1. The second-order valence-electron chi connectivity index (χ2n) is 6.68. The van der Waals surface area contributed by atoms with E-state index >= 15 is 0 Å². The van der Waals surface area contributed by atoms with Gasteiger partial charge in [0.1, 0.15) is 0 Å². The Morgan fingerprint density at radius 3 is 2.62 bits per heavy atom. The summed E-state index contributed by atoms with van der Waals surface area (Å²) in [5.41, 5.74) is 6.04. The van der Waals surface area contributed by atoms with Crippen molar-refractivity contribution in [2.75, 3.05) is 13.1 Å². The highest BCUT2D eigenvalue weighted by Crippen LogP contribution is 2.28. The number of rotatable bonds is 3. The Morgan fingerprint density at radius 2 is 1.90 bits per heavy atom. The molecule has 0 bridgehead atoms. The molecule has 2 aliphatic heterocycles. The Kier molecular flexibility index (Phi) is 7.75. The molecule has 0 radical (unpaired) electrons. The third-order valence-electron chi connectivity index (χ3n) is 5.35. The lowest BCUT2D eigenvalue weighted by Gasteiger charge is -2.35. The number of nitrogens with zero attached hydrogens (tertiary/aromatic N) is 1. The average Bonchev–Trinajstić information content (AvgIpc) is 2.98. The number of carbonyl (C=O) groups excluding carboxylic acids is 1. The van der Waals surface area contributed by atoms with E-state index in [1.54, 1.807) is 0 Å². The van der Waals surface area contributed by atoms with Gasteiger partial charge in [0.25, 0.3) is 0 Å². The highest BCUT2D eigenvalue weighted by Gasteiger charge is 2.33. The first-order valence-electron chi connectivity index (χ1n) is 8.01. The molecular weight excluding hydrogens is 309 g/mol. The van der Waals surface area contributed by atoms with Crippen molar-refractivity contribution in [1.29, 1.82) is 0 Å². The molecule has 1 amide bonds. The standard InChI is InChI=1S/C15H27N3O.2ClH/c16-14-5-1-3-11(14)9-15(19)17-12-6-8-18-7-2-4-13(18)10-12;;/h11-14H,1-10,16H2,(H,17,19);2*1H/t11-,12?,13?,14+;;/m0../s1. The summed E-state index contributed by atoms with van der Waals surface area (Å²) in [6.07, 6.45) is 9.00. The molecule has 2 heterocycles. The molecule has 21 heavy (non-hydrogen) atoms. The fraction of sp³-hybridized carbons (Fsp3) is 0.933. The minimum Gasteiger partial charge on any atom is -0.353 e. The van der Waals surface area contributed by atoms with Crippen molar-refractivity contribution in [2.45, 2.75) is 69.5 Å². The number of fused-ring (bicyclic) bond motifs is 1. The topological polar surface area (TPSA) is 58.4 Å². The third kappa shape index (κ3) is 4.72. The lowest BCUT2D eigenvalue weighted by Crippen LogP contribution is -2.47. The molecule has 3 rings (SSSR count). The number of nitrogens with one attached hydrogen (secondary N) is 1. The maximum absolute atomic E-state index is 12.1. The van der Waals surface area contributed by atoms with Gasteiger partial charge in [0.15, 0.2) is 0 Å². The van der Waals surface area contributed by atoms with Crippen LogP contribution >= 0.6 is 24.8 Å². The Balaban J connectivity index is 0.00000110. The van der Waals surface area contributed by atoms with Crippen LogP contribution in [0.25, 0.3) is 0 Å². The van der Waals surface area contributed by atoms with Crippen LogP contribution in [0, 0.1) is 5.92 Å². The van der Waals surface area contributed by atoms with Gasteiger partial charge < -0.3 is 16.0 Å². The van der Waals surface area contributed by atoms with Crippen LogP contribution in [0.4, 0.5) is 0 Å². The first-order valence-corrected chi connectivity index (χ1v) is 8.01. The monoisotopic (exact) mass is 337 g/mol. The number of nitrogens with two attached hydrogens (primary N) is 1. The van der Waals surface area contributed by atoms with E-state index in [0.29, 0.717) is 18.4 Å². The number of carbonyl (C=O) groups is 1. The predicted molar refractivity (Wildman–Crippen MR) is 90.2 cm³/mol. The minimum absolute atomic E-state index is 0. The van der Waals surface area contributed by atoms with Crippen LogP contribution in [0.15, 0.2) is 0 Å². The van der Waals surface area contributed by atoms with Gasteiger partial charge in [-0.05, 0) is 51.0 Å². The van der Waals surface area contributed by atoms with E-state index < -0.39 is 0 Å². The molecule has 3 N–H and O–H groups in total. The molecule has 124 valence electrons. The predicted octanol–water partition coefficient (Wildman–Crippen LogP) is 2.09. The van der Waals surface area contributed by atoms with Crippen LogP contribution < -0.4 is 11.1 Å². The summed E-state index contributed by atoms with van der Waals surface area (Å²) in [6.45, 7) is 2.43. The molecule has 1 aliphatic carbocycles. The summed E-state index contributed by atoms with van der Waals surface area (Å²) in [5, 5.41) is 3.26. The Labute approximate surface area is 140 Å². The fourth-order valence-corrected chi connectivity index (χ4v) is 4.20. The van der Waals surface area contributed by atoms with Gasteiger partial charge in [-0.1, -0.05) is 6.42 Å². The van der Waals surface area contributed by atoms with Gasteiger partial charge >= 0.3 is 0 Å². The molecule has 0 aromatic heterocycles. The molecule has 4 atom stereocenters. The van der Waals surface area contributed by atoms with E-state index in [0.717, 1.165) is 31.7 Å². The maximum atomic E-state index is 12.1. The van der Waals surface area contributed by atoms with Gasteiger partial charge in [-0.3, -0.25) is 4.79 Å². The van der Waals surface area contributed by atoms with Gasteiger partial charge in [0.05, 0.1) is 0 Å². The van der Waals surface area contributed by atoms with Crippen molar-refractivity contribution in [3.8, 4) is 0 Å². The maximum Gasteiger partial charge on any atom is 0.220 e. The van der Waals surface area contributed by atoms with E-state index in [9.17, 15) is 4.79 Å². The number of piperidine rings is 1. The molecule has 2 unspecified atom stereocenters. The van der Waals surface area contributed by atoms with E-state index in [-0.39, 0.29) is 36.8 Å². The van der Waals surface area contributed by atoms with Crippen LogP contribution in [-0.4, -0.2) is 42.0 Å². The van der Waals surface area contributed by atoms with Crippen molar-refractivity contribution in [3.63, 3.8) is 0 Å². The largest absolute Gasteiger partial charge is 0.353 e. The van der Waals surface area contributed by atoms with Crippen molar-refractivity contribution < 1.29 is 4.79 Å². The smallest absolute Gasteiger partial charge is 0.220 e. The quantitative estimate of drug-likeness (QED) is 0.828. The Morgan fingerprint density at radius 1 is 1.10 bits per heavy atom. The summed E-state index contributed by atoms with van der Waals surface area (Å²) >= 11 is 0. The van der Waals surface area contributed by atoms with Gasteiger partial charge in [-0.25, -0.2) is 0 Å². The van der Waals surface area contributed by atoms with Crippen LogP contribution in [0.5, 0.6) is 0 Å². The summed E-state index contributed by atoms with van der Waals surface area (Å²) in [6, 6.07) is 1.39. The number of hydrogen-bond donors (Lipinski definition) is 2. The number of hydrogen-bond acceptors (Lipinski definition) is 3. The lowest BCUT2D eigenvalue weighted by molar-refractivity contribution is -0.123. The second-order valence-corrected chi connectivity index (χ2v) is 6.68. The normalized spacial score (nSPS) is 35.5. The highest BCUT2D eigenvalue weighted by atomic mass is 35.5. The van der Waals surface area contributed by atoms with E-state index in [4.69, 9.17) is 5.73 Å². The van der Waals surface area contributed by atoms with E-state index in [1.165, 1.54) is 32.4 Å². The Bertz CT molecular complexity index is 343. The molecule has 4 nitrogen and oxygen atoms in total. The molecule has 0 aromatic carbocycles. The average molecular weight is 338 g/mol. The molecule has 0 aromatic rings. The van der Waals surface area contributed by atoms with Crippen molar-refractivity contribution >= 4 is 30.7 Å². The zero-order chi connectivity index (χ0) is 13.2. The molecule has 0 spiro atoms. The van der Waals surface area contributed by atoms with E-state index in [2.05, 4.69) is 10.2 Å². The van der Waals surface area contributed by atoms with E-state index in [1.807, 2.05) is 0 Å². The molecule has 2 saturated heterocycles. The van der Waals surface area contributed by atoms with Gasteiger partial charge in [0, 0.05) is 31.1 Å². The number of halogens is 2. The summed E-state index contributed by atoms with van der Waals surface area (Å²) in [5.74, 6) is 0.658. The third-order valence-corrected chi connectivity index (χ3v) is 5.35. The van der Waals surface area contributed by atoms with Crippen LogP contribution in [-0.2, 0) is 4.79 Å². The summed E-state index contributed by atoms with van der Waals surface area (Å²) < 4.78 is 0. The zero-order valence-corrected chi connectivity index (χ0v) is 14.3. The van der Waals surface area contributed by atoms with Crippen LogP contribution in [0.1, 0.15) is 51.4 Å². The van der Waals surface area contributed by atoms with Crippen molar-refractivity contribution in [3.05, 3.63) is 0 Å². The Hall–Kier alpha value is -0.0300. The first kappa shape index (κ1) is 19.0. The first-order chi connectivity index (χ1) is 9.22. The lowest BCUT2D eigenvalue weighted by atomic mass is 9.96. The molecule has 1 saturated carbocycles. The highest BCUT2D eigenvalue weighted by molar-refractivity contribution is 5.85. The molecule has 6 heteroatoms. The molecule has 3 fully saturated rings. The van der Waals surface area contributed by atoms with Gasteiger partial charge in [-0.15, -0.1) is 24.8 Å². The van der Waals surface area contributed by atoms with Crippen LogP contribution in [0.2, 0.25) is 0 Å². The SMILES string of the molecule is Cl.Cl.N[C@@H]1CCC[C@H]1CC(=O)NC1CCN2CCCC2C1. The van der Waals surface area contributed by atoms with Gasteiger partial charge in [0.2, 0.25) is 5.91 Å². The zero-order valence-electron chi connectivity index (χ0n) is 12.6. The molecular formula is C15H29Cl2N3O. The summed E-state index contributed by atoms with van der Waals surface area (Å²) in [7, 11) is 0. The van der Waals surface area contributed by atoms with Crippen LogP contribution in [0.3, 0.4) is 0 Å². The summed E-state index contributed by atoms with van der Waals surface area (Å²) in [4.78, 5) is 14.7. The van der Waals surface area contributed by atoms with Crippen molar-refractivity contribution in [1.82, 2.24) is 10.2 Å². The minimum atomic E-state index is 0. The molecule has 3 aliphatic rings. The van der Waals surface area contributed by atoms with Crippen molar-refractivity contribution in [2.24, 2.45) is 11.7 Å². The van der Waals surface area contributed by atoms with Gasteiger partial charge in [-0.2, -0.15) is 0 Å². The second kappa shape index (κ2) is 8.56.